The van der Waals surface area contributed by atoms with Gasteiger partial charge in [-0.25, -0.2) is 0 Å². The number of aldehydes is 1. The number of hydrogen-bond acceptors (Lipinski definition) is 3. The first-order chi connectivity index (χ1) is 7.81. The SMILES string of the molecule is O=Cc1ccccc1O[C@H]1CCCC[C@@H]1O. The maximum Gasteiger partial charge on any atom is 0.153 e. The maximum absolute atomic E-state index is 10.8. The van der Waals surface area contributed by atoms with Gasteiger partial charge in [0, 0.05) is 0 Å². The summed E-state index contributed by atoms with van der Waals surface area (Å²) < 4.78 is 5.71. The number of aliphatic hydroxyl groups excluding tert-OH is 1. The summed E-state index contributed by atoms with van der Waals surface area (Å²) in [5, 5.41) is 9.78. The third kappa shape index (κ3) is 2.42. The van der Waals surface area contributed by atoms with Crippen molar-refractivity contribution >= 4 is 6.29 Å². The highest BCUT2D eigenvalue weighted by atomic mass is 16.5. The smallest absolute Gasteiger partial charge is 0.153 e. The number of para-hydroxylation sites is 1. The molecule has 3 heteroatoms. The molecule has 2 rings (SSSR count). The first-order valence-electron chi connectivity index (χ1n) is 5.70. The standard InChI is InChI=1S/C13H16O3/c14-9-10-5-1-3-7-12(10)16-13-8-4-2-6-11(13)15/h1,3,5,7,9,11,13,15H,2,4,6,8H2/t11-,13-/m0/s1. The van der Waals surface area contributed by atoms with E-state index < -0.39 is 6.10 Å². The summed E-state index contributed by atoms with van der Waals surface area (Å²) in [4.78, 5) is 10.8. The third-order valence-corrected chi connectivity index (χ3v) is 2.99. The molecule has 0 radical (unpaired) electrons. The van der Waals surface area contributed by atoms with Gasteiger partial charge in [-0.2, -0.15) is 0 Å². The second-order valence-corrected chi connectivity index (χ2v) is 4.16. The van der Waals surface area contributed by atoms with Gasteiger partial charge < -0.3 is 9.84 Å². The molecular weight excluding hydrogens is 204 g/mol. The molecule has 0 aromatic heterocycles. The molecule has 3 nitrogen and oxygen atoms in total. The Morgan fingerprint density at radius 3 is 2.75 bits per heavy atom. The summed E-state index contributed by atoms with van der Waals surface area (Å²) in [7, 11) is 0. The quantitative estimate of drug-likeness (QED) is 0.794. The van der Waals surface area contributed by atoms with E-state index in [4.69, 9.17) is 4.74 Å². The maximum atomic E-state index is 10.8. The Labute approximate surface area is 95.0 Å². The summed E-state index contributed by atoms with van der Waals surface area (Å²) >= 11 is 0. The van der Waals surface area contributed by atoms with Crippen LogP contribution in [-0.2, 0) is 0 Å². The van der Waals surface area contributed by atoms with E-state index in [1.807, 2.05) is 6.07 Å². The molecule has 0 bridgehead atoms. The van der Waals surface area contributed by atoms with Crippen molar-refractivity contribution in [3.8, 4) is 5.75 Å². The molecule has 0 amide bonds. The van der Waals surface area contributed by atoms with Crippen molar-refractivity contribution in [1.82, 2.24) is 0 Å². The normalized spacial score (nSPS) is 25.1. The molecule has 0 unspecified atom stereocenters. The molecule has 1 saturated carbocycles. The zero-order valence-electron chi connectivity index (χ0n) is 9.13. The second kappa shape index (κ2) is 5.12. The van der Waals surface area contributed by atoms with Crippen LogP contribution in [0.15, 0.2) is 24.3 Å². The molecule has 16 heavy (non-hydrogen) atoms. The van der Waals surface area contributed by atoms with E-state index in [2.05, 4.69) is 0 Å². The summed E-state index contributed by atoms with van der Waals surface area (Å²) in [5.41, 5.74) is 0.542. The lowest BCUT2D eigenvalue weighted by Crippen LogP contribution is -2.34. The summed E-state index contributed by atoms with van der Waals surface area (Å²) in [6.07, 6.45) is 3.97. The van der Waals surface area contributed by atoms with Crippen molar-refractivity contribution < 1.29 is 14.6 Å². The van der Waals surface area contributed by atoms with Crippen LogP contribution in [0.2, 0.25) is 0 Å². The molecule has 0 spiro atoms. The molecule has 1 aliphatic carbocycles. The van der Waals surface area contributed by atoms with Gasteiger partial charge in [0.1, 0.15) is 11.9 Å². The lowest BCUT2D eigenvalue weighted by Gasteiger charge is -2.28. The van der Waals surface area contributed by atoms with Gasteiger partial charge in [0.25, 0.3) is 0 Å². The van der Waals surface area contributed by atoms with E-state index in [-0.39, 0.29) is 6.10 Å². The zero-order chi connectivity index (χ0) is 11.4. The fourth-order valence-corrected chi connectivity index (χ4v) is 2.06. The van der Waals surface area contributed by atoms with Gasteiger partial charge >= 0.3 is 0 Å². The molecule has 2 atom stereocenters. The zero-order valence-corrected chi connectivity index (χ0v) is 9.13. The van der Waals surface area contributed by atoms with E-state index in [1.54, 1.807) is 18.2 Å². The highest BCUT2D eigenvalue weighted by Gasteiger charge is 2.25. The average Bonchev–Trinajstić information content (AvgIpc) is 2.33. The van der Waals surface area contributed by atoms with Crippen LogP contribution < -0.4 is 4.74 Å². The Balaban J connectivity index is 2.10. The average molecular weight is 220 g/mol. The predicted molar refractivity (Wildman–Crippen MR) is 60.7 cm³/mol. The molecule has 86 valence electrons. The van der Waals surface area contributed by atoms with Crippen LogP contribution >= 0.6 is 0 Å². The molecule has 1 N–H and O–H groups in total. The first-order valence-corrected chi connectivity index (χ1v) is 5.70. The van der Waals surface area contributed by atoms with Crippen molar-refractivity contribution in [2.45, 2.75) is 37.9 Å². The molecule has 1 fully saturated rings. The lowest BCUT2D eigenvalue weighted by atomic mass is 9.95. The topological polar surface area (TPSA) is 46.5 Å². The van der Waals surface area contributed by atoms with Crippen LogP contribution in [-0.4, -0.2) is 23.6 Å². The van der Waals surface area contributed by atoms with Crippen LogP contribution in [0.4, 0.5) is 0 Å². The van der Waals surface area contributed by atoms with E-state index in [1.165, 1.54) is 0 Å². The Bertz CT molecular complexity index is 362. The number of hydrogen-bond donors (Lipinski definition) is 1. The van der Waals surface area contributed by atoms with Crippen molar-refractivity contribution in [2.75, 3.05) is 0 Å². The molecular formula is C13H16O3. The largest absolute Gasteiger partial charge is 0.487 e. The summed E-state index contributed by atoms with van der Waals surface area (Å²) in [5.74, 6) is 0.573. The van der Waals surface area contributed by atoms with Crippen LogP contribution in [0.3, 0.4) is 0 Å². The number of carbonyl (C=O) groups excluding carboxylic acids is 1. The first kappa shape index (κ1) is 11.1. The van der Waals surface area contributed by atoms with Gasteiger partial charge in [0.05, 0.1) is 11.7 Å². The number of aliphatic hydroxyl groups is 1. The highest BCUT2D eigenvalue weighted by molar-refractivity contribution is 5.79. The van der Waals surface area contributed by atoms with Gasteiger partial charge in [-0.3, -0.25) is 4.79 Å². The minimum atomic E-state index is -0.409. The Morgan fingerprint density at radius 1 is 1.25 bits per heavy atom. The fourth-order valence-electron chi connectivity index (χ4n) is 2.06. The van der Waals surface area contributed by atoms with Crippen molar-refractivity contribution in [1.29, 1.82) is 0 Å². The third-order valence-electron chi connectivity index (χ3n) is 2.99. The number of carbonyl (C=O) groups is 1. The van der Waals surface area contributed by atoms with Crippen LogP contribution in [0.5, 0.6) is 5.75 Å². The second-order valence-electron chi connectivity index (χ2n) is 4.16. The highest BCUT2D eigenvalue weighted by Crippen LogP contribution is 2.25. The van der Waals surface area contributed by atoms with Crippen molar-refractivity contribution in [2.24, 2.45) is 0 Å². The summed E-state index contributed by atoms with van der Waals surface area (Å²) in [6, 6.07) is 7.12. The molecule has 1 aromatic rings. The van der Waals surface area contributed by atoms with Gasteiger partial charge in [0.15, 0.2) is 6.29 Å². The predicted octanol–water partition coefficient (Wildman–Crippen LogP) is 2.18. The fraction of sp³-hybridized carbons (Fsp3) is 0.462. The van der Waals surface area contributed by atoms with Crippen molar-refractivity contribution in [3.05, 3.63) is 29.8 Å². The lowest BCUT2D eigenvalue weighted by molar-refractivity contribution is 0.00658. The van der Waals surface area contributed by atoms with E-state index in [0.717, 1.165) is 32.0 Å². The van der Waals surface area contributed by atoms with Crippen molar-refractivity contribution in [3.63, 3.8) is 0 Å². The Kier molecular flexibility index (Phi) is 3.57. The van der Waals surface area contributed by atoms with E-state index in [0.29, 0.717) is 11.3 Å². The number of benzene rings is 1. The van der Waals surface area contributed by atoms with Gasteiger partial charge in [-0.15, -0.1) is 0 Å². The van der Waals surface area contributed by atoms with Gasteiger partial charge in [-0.05, 0) is 31.4 Å². The molecule has 0 heterocycles. The minimum Gasteiger partial charge on any atom is -0.487 e. The van der Waals surface area contributed by atoms with E-state index >= 15 is 0 Å². The minimum absolute atomic E-state index is 0.171. The van der Waals surface area contributed by atoms with Crippen LogP contribution in [0.1, 0.15) is 36.0 Å². The van der Waals surface area contributed by atoms with Gasteiger partial charge in [-0.1, -0.05) is 18.6 Å². The molecule has 0 saturated heterocycles. The molecule has 1 aromatic carbocycles. The summed E-state index contributed by atoms with van der Waals surface area (Å²) in [6.45, 7) is 0. The Morgan fingerprint density at radius 2 is 2.00 bits per heavy atom. The number of rotatable bonds is 3. The van der Waals surface area contributed by atoms with Crippen LogP contribution in [0.25, 0.3) is 0 Å². The molecule has 1 aliphatic rings. The molecule has 0 aliphatic heterocycles. The Hall–Kier alpha value is -1.35. The van der Waals surface area contributed by atoms with Crippen LogP contribution in [0, 0.1) is 0 Å². The monoisotopic (exact) mass is 220 g/mol. The van der Waals surface area contributed by atoms with Gasteiger partial charge in [0.2, 0.25) is 0 Å². The van der Waals surface area contributed by atoms with E-state index in [9.17, 15) is 9.90 Å². The number of ether oxygens (including phenoxy) is 1.